The number of rotatable bonds is 5. The minimum absolute atomic E-state index is 0.462. The van der Waals surface area contributed by atoms with Crippen molar-refractivity contribution >= 4 is 0 Å². The summed E-state index contributed by atoms with van der Waals surface area (Å²) in [5.74, 6) is 0. The molecule has 0 aliphatic rings. The minimum atomic E-state index is -0.752. The molecular formula is C15H25NO. The van der Waals surface area contributed by atoms with Gasteiger partial charge in [-0.3, -0.25) is 0 Å². The van der Waals surface area contributed by atoms with E-state index in [-0.39, 0.29) is 0 Å². The van der Waals surface area contributed by atoms with Gasteiger partial charge in [-0.25, -0.2) is 0 Å². The van der Waals surface area contributed by atoms with Gasteiger partial charge in [0.15, 0.2) is 0 Å². The molecule has 0 aliphatic carbocycles. The summed E-state index contributed by atoms with van der Waals surface area (Å²) in [7, 11) is 0. The second-order valence-corrected chi connectivity index (χ2v) is 5.45. The summed E-state index contributed by atoms with van der Waals surface area (Å²) < 4.78 is 0. The predicted molar refractivity (Wildman–Crippen MR) is 73.2 cm³/mol. The molecule has 0 amide bonds. The van der Waals surface area contributed by atoms with E-state index in [2.05, 4.69) is 51.2 Å². The van der Waals surface area contributed by atoms with Gasteiger partial charge in [-0.1, -0.05) is 37.6 Å². The SMILES string of the molecule is Cc1ccc(C)c(C(C)(O)CCNC(C)C)c1. The Kier molecular flexibility index (Phi) is 4.72. The van der Waals surface area contributed by atoms with Gasteiger partial charge in [0.2, 0.25) is 0 Å². The first-order valence-corrected chi connectivity index (χ1v) is 6.36. The van der Waals surface area contributed by atoms with Crippen LogP contribution in [0.5, 0.6) is 0 Å². The number of hydrogen-bond acceptors (Lipinski definition) is 2. The van der Waals surface area contributed by atoms with Crippen LogP contribution in [0.4, 0.5) is 0 Å². The van der Waals surface area contributed by atoms with Gasteiger partial charge in [0.25, 0.3) is 0 Å². The van der Waals surface area contributed by atoms with Crippen molar-refractivity contribution in [2.75, 3.05) is 6.54 Å². The lowest BCUT2D eigenvalue weighted by atomic mass is 9.88. The maximum Gasteiger partial charge on any atom is 0.0883 e. The number of aliphatic hydroxyl groups is 1. The van der Waals surface area contributed by atoms with Gasteiger partial charge >= 0.3 is 0 Å². The fourth-order valence-electron chi connectivity index (χ4n) is 2.05. The van der Waals surface area contributed by atoms with E-state index in [0.717, 1.165) is 24.1 Å². The smallest absolute Gasteiger partial charge is 0.0883 e. The van der Waals surface area contributed by atoms with E-state index in [4.69, 9.17) is 0 Å². The van der Waals surface area contributed by atoms with E-state index < -0.39 is 5.60 Å². The summed E-state index contributed by atoms with van der Waals surface area (Å²) >= 11 is 0. The van der Waals surface area contributed by atoms with Crippen LogP contribution < -0.4 is 5.32 Å². The van der Waals surface area contributed by atoms with Crippen LogP contribution in [0.3, 0.4) is 0 Å². The van der Waals surface area contributed by atoms with E-state index >= 15 is 0 Å². The summed E-state index contributed by atoms with van der Waals surface area (Å²) in [6.45, 7) is 11.1. The molecule has 1 aromatic rings. The van der Waals surface area contributed by atoms with Gasteiger partial charge in [0.1, 0.15) is 0 Å². The van der Waals surface area contributed by atoms with E-state index in [0.29, 0.717) is 6.04 Å². The summed E-state index contributed by atoms with van der Waals surface area (Å²) in [6.07, 6.45) is 0.732. The normalized spacial score (nSPS) is 15.0. The van der Waals surface area contributed by atoms with E-state index in [9.17, 15) is 5.11 Å². The average molecular weight is 235 g/mol. The molecule has 1 atom stereocenters. The molecule has 0 saturated carbocycles. The molecule has 96 valence electrons. The Labute approximate surface area is 105 Å². The Bertz CT molecular complexity index is 369. The molecule has 17 heavy (non-hydrogen) atoms. The maximum absolute atomic E-state index is 10.6. The van der Waals surface area contributed by atoms with Crippen LogP contribution in [0, 0.1) is 13.8 Å². The van der Waals surface area contributed by atoms with Crippen molar-refractivity contribution in [2.24, 2.45) is 0 Å². The van der Waals surface area contributed by atoms with Crippen LogP contribution in [0.2, 0.25) is 0 Å². The molecule has 2 N–H and O–H groups in total. The van der Waals surface area contributed by atoms with Crippen LogP contribution >= 0.6 is 0 Å². The summed E-state index contributed by atoms with van der Waals surface area (Å²) in [4.78, 5) is 0. The van der Waals surface area contributed by atoms with Crippen LogP contribution in [0.15, 0.2) is 18.2 Å². The highest BCUT2D eigenvalue weighted by molar-refractivity contribution is 5.34. The van der Waals surface area contributed by atoms with Gasteiger partial charge in [0, 0.05) is 6.04 Å². The molecule has 0 spiro atoms. The van der Waals surface area contributed by atoms with Crippen molar-refractivity contribution < 1.29 is 5.11 Å². The molecule has 0 aromatic heterocycles. The second kappa shape index (κ2) is 5.65. The van der Waals surface area contributed by atoms with Crippen molar-refractivity contribution in [1.29, 1.82) is 0 Å². The van der Waals surface area contributed by atoms with Crippen molar-refractivity contribution in [1.82, 2.24) is 5.32 Å². The van der Waals surface area contributed by atoms with Crippen molar-refractivity contribution in [3.63, 3.8) is 0 Å². The van der Waals surface area contributed by atoms with Crippen LogP contribution in [0.1, 0.15) is 43.9 Å². The molecule has 0 bridgehead atoms. The lowest BCUT2D eigenvalue weighted by molar-refractivity contribution is 0.0468. The Morgan fingerprint density at radius 2 is 1.94 bits per heavy atom. The quantitative estimate of drug-likeness (QED) is 0.822. The number of nitrogens with one attached hydrogen (secondary N) is 1. The Morgan fingerprint density at radius 3 is 2.53 bits per heavy atom. The number of benzene rings is 1. The molecule has 2 heteroatoms. The second-order valence-electron chi connectivity index (χ2n) is 5.45. The Hall–Kier alpha value is -0.860. The zero-order chi connectivity index (χ0) is 13.1. The van der Waals surface area contributed by atoms with Gasteiger partial charge in [-0.15, -0.1) is 0 Å². The summed E-state index contributed by atoms with van der Waals surface area (Å²) in [5, 5.41) is 13.9. The molecule has 0 heterocycles. The third-order valence-electron chi connectivity index (χ3n) is 3.14. The Morgan fingerprint density at radius 1 is 1.29 bits per heavy atom. The zero-order valence-electron chi connectivity index (χ0n) is 11.7. The Balaban J connectivity index is 2.77. The number of aryl methyl sites for hydroxylation is 2. The van der Waals surface area contributed by atoms with Gasteiger partial charge in [0.05, 0.1) is 5.60 Å². The topological polar surface area (TPSA) is 32.3 Å². The van der Waals surface area contributed by atoms with Crippen molar-refractivity contribution in [3.05, 3.63) is 34.9 Å². The summed E-state index contributed by atoms with van der Waals surface area (Å²) in [6, 6.07) is 6.71. The highest BCUT2D eigenvalue weighted by Crippen LogP contribution is 2.27. The fourth-order valence-corrected chi connectivity index (χ4v) is 2.05. The molecule has 2 nitrogen and oxygen atoms in total. The van der Waals surface area contributed by atoms with Crippen molar-refractivity contribution in [3.8, 4) is 0 Å². The van der Waals surface area contributed by atoms with E-state index in [1.54, 1.807) is 0 Å². The van der Waals surface area contributed by atoms with E-state index in [1.165, 1.54) is 5.56 Å². The molecular weight excluding hydrogens is 210 g/mol. The highest BCUT2D eigenvalue weighted by Gasteiger charge is 2.24. The van der Waals surface area contributed by atoms with Crippen LogP contribution in [-0.4, -0.2) is 17.7 Å². The highest BCUT2D eigenvalue weighted by atomic mass is 16.3. The monoisotopic (exact) mass is 235 g/mol. The van der Waals surface area contributed by atoms with Gasteiger partial charge < -0.3 is 10.4 Å². The van der Waals surface area contributed by atoms with Gasteiger partial charge in [-0.2, -0.15) is 0 Å². The first-order valence-electron chi connectivity index (χ1n) is 6.36. The maximum atomic E-state index is 10.6. The third-order valence-corrected chi connectivity index (χ3v) is 3.14. The van der Waals surface area contributed by atoms with Gasteiger partial charge in [-0.05, 0) is 44.9 Å². The first kappa shape index (κ1) is 14.2. The van der Waals surface area contributed by atoms with E-state index in [1.807, 2.05) is 6.92 Å². The standard InChI is InChI=1S/C15H25NO/c1-11(2)16-9-8-15(5,17)14-10-12(3)6-7-13(14)4/h6-7,10-11,16-17H,8-9H2,1-5H3. The molecule has 0 radical (unpaired) electrons. The molecule has 1 aromatic carbocycles. The molecule has 1 unspecified atom stereocenters. The lowest BCUT2D eigenvalue weighted by Crippen LogP contribution is -2.31. The van der Waals surface area contributed by atoms with Crippen molar-refractivity contribution in [2.45, 2.75) is 52.7 Å². The average Bonchev–Trinajstić information content (AvgIpc) is 2.20. The number of hydrogen-bond donors (Lipinski definition) is 2. The predicted octanol–water partition coefficient (Wildman–Crippen LogP) is 2.90. The van der Waals surface area contributed by atoms with Crippen LogP contribution in [-0.2, 0) is 5.60 Å². The summed E-state index contributed by atoms with van der Waals surface area (Å²) in [5.41, 5.74) is 2.65. The molecule has 0 saturated heterocycles. The molecule has 0 aliphatic heterocycles. The van der Waals surface area contributed by atoms with Crippen LogP contribution in [0.25, 0.3) is 0 Å². The first-order chi connectivity index (χ1) is 7.83. The molecule has 1 rings (SSSR count). The lowest BCUT2D eigenvalue weighted by Gasteiger charge is -2.27. The minimum Gasteiger partial charge on any atom is -0.385 e. The largest absolute Gasteiger partial charge is 0.385 e. The zero-order valence-corrected chi connectivity index (χ0v) is 11.7. The molecule has 0 fully saturated rings. The third kappa shape index (κ3) is 4.14. The fraction of sp³-hybridized carbons (Fsp3) is 0.600.